The zero-order valence-electron chi connectivity index (χ0n) is 15.2. The molecule has 0 radical (unpaired) electrons. The molecule has 3 aromatic rings. The summed E-state index contributed by atoms with van der Waals surface area (Å²) in [5.74, 6) is -0.393. The predicted molar refractivity (Wildman–Crippen MR) is 109 cm³/mol. The number of benzene rings is 1. The Morgan fingerprint density at radius 1 is 1.21 bits per heavy atom. The quantitative estimate of drug-likeness (QED) is 0.700. The smallest absolute Gasteiger partial charge is 0.227 e. The molecule has 6 nitrogen and oxygen atoms in total. The van der Waals surface area contributed by atoms with Crippen LogP contribution in [-0.4, -0.2) is 34.9 Å². The van der Waals surface area contributed by atoms with Crippen molar-refractivity contribution in [3.63, 3.8) is 0 Å². The van der Waals surface area contributed by atoms with E-state index in [-0.39, 0.29) is 24.2 Å². The van der Waals surface area contributed by atoms with Crippen LogP contribution in [-0.2, 0) is 16.0 Å². The van der Waals surface area contributed by atoms with Crippen molar-refractivity contribution in [3.8, 4) is 10.6 Å². The Morgan fingerprint density at radius 2 is 2.07 bits per heavy atom. The van der Waals surface area contributed by atoms with E-state index in [0.29, 0.717) is 19.5 Å². The largest absolute Gasteiger partial charge is 0.355 e. The minimum Gasteiger partial charge on any atom is -0.355 e. The number of thiazole rings is 1. The van der Waals surface area contributed by atoms with E-state index in [9.17, 15) is 9.59 Å². The van der Waals surface area contributed by atoms with E-state index < -0.39 is 0 Å². The molecule has 0 aliphatic carbocycles. The summed E-state index contributed by atoms with van der Waals surface area (Å²) in [7, 11) is 0. The summed E-state index contributed by atoms with van der Waals surface area (Å²) in [5, 5.41) is 5.88. The number of nitrogens with zero attached hydrogens (tertiary/aromatic N) is 3. The van der Waals surface area contributed by atoms with Gasteiger partial charge in [-0.3, -0.25) is 14.6 Å². The minimum atomic E-state index is -0.311. The van der Waals surface area contributed by atoms with Gasteiger partial charge in [0.2, 0.25) is 11.8 Å². The molecule has 0 spiro atoms. The first-order chi connectivity index (χ1) is 13.7. The molecule has 1 aromatic carbocycles. The fourth-order valence-corrected chi connectivity index (χ4v) is 4.09. The molecule has 1 fully saturated rings. The lowest BCUT2D eigenvalue weighted by atomic mass is 10.1. The molecule has 1 aliphatic rings. The Balaban J connectivity index is 1.28. The van der Waals surface area contributed by atoms with E-state index in [2.05, 4.69) is 15.3 Å². The molecule has 0 saturated carbocycles. The molecule has 1 N–H and O–H groups in total. The highest BCUT2D eigenvalue weighted by Gasteiger charge is 2.34. The van der Waals surface area contributed by atoms with Gasteiger partial charge in [-0.2, -0.15) is 0 Å². The van der Waals surface area contributed by atoms with Crippen LogP contribution < -0.4 is 10.2 Å². The standard InChI is InChI=1S/C21H20N4O2S/c26-19-11-16(13-25(19)18-6-2-1-3-7-18)20(27)23-10-8-17-14-28-21(24-17)15-5-4-9-22-12-15/h1-7,9,12,14,16H,8,10-11,13H2,(H,23,27). The number of rotatable bonds is 6. The third-order valence-corrected chi connectivity index (χ3v) is 5.64. The number of pyridine rings is 1. The van der Waals surface area contributed by atoms with Crippen LogP contribution in [0.2, 0.25) is 0 Å². The fraction of sp³-hybridized carbons (Fsp3) is 0.238. The summed E-state index contributed by atoms with van der Waals surface area (Å²) in [4.78, 5) is 35.1. The number of amides is 2. The van der Waals surface area contributed by atoms with E-state index >= 15 is 0 Å². The van der Waals surface area contributed by atoms with E-state index in [0.717, 1.165) is 22.0 Å². The number of anilines is 1. The predicted octanol–water partition coefficient (Wildman–Crippen LogP) is 2.92. The zero-order chi connectivity index (χ0) is 19.3. The van der Waals surface area contributed by atoms with Gasteiger partial charge in [0, 0.05) is 55.0 Å². The maximum atomic E-state index is 12.5. The molecule has 2 aromatic heterocycles. The van der Waals surface area contributed by atoms with Crippen molar-refractivity contribution < 1.29 is 9.59 Å². The Morgan fingerprint density at radius 3 is 2.86 bits per heavy atom. The van der Waals surface area contributed by atoms with Gasteiger partial charge in [0.05, 0.1) is 11.6 Å². The van der Waals surface area contributed by atoms with Crippen molar-refractivity contribution in [2.24, 2.45) is 5.92 Å². The lowest BCUT2D eigenvalue weighted by Crippen LogP contribution is -2.34. The third kappa shape index (κ3) is 4.09. The van der Waals surface area contributed by atoms with Crippen molar-refractivity contribution in [2.45, 2.75) is 12.8 Å². The van der Waals surface area contributed by atoms with Crippen LogP contribution in [0.3, 0.4) is 0 Å². The van der Waals surface area contributed by atoms with Crippen LogP contribution in [0.1, 0.15) is 12.1 Å². The van der Waals surface area contributed by atoms with Gasteiger partial charge in [-0.25, -0.2) is 4.98 Å². The number of para-hydroxylation sites is 1. The lowest BCUT2D eigenvalue weighted by molar-refractivity contribution is -0.126. The minimum absolute atomic E-state index is 0.00744. The second kappa shape index (κ2) is 8.31. The van der Waals surface area contributed by atoms with E-state index in [1.54, 1.807) is 28.6 Å². The summed E-state index contributed by atoms with van der Waals surface area (Å²) >= 11 is 1.57. The second-order valence-corrected chi connectivity index (χ2v) is 7.53. The molecule has 3 heterocycles. The Hall–Kier alpha value is -3.06. The van der Waals surface area contributed by atoms with Crippen LogP contribution in [0.4, 0.5) is 5.69 Å². The maximum absolute atomic E-state index is 12.5. The van der Waals surface area contributed by atoms with Gasteiger partial charge in [0.1, 0.15) is 5.01 Å². The van der Waals surface area contributed by atoms with Crippen molar-refractivity contribution in [1.29, 1.82) is 0 Å². The van der Waals surface area contributed by atoms with E-state index in [1.165, 1.54) is 0 Å². The Bertz CT molecular complexity index is 959. The average molecular weight is 392 g/mol. The first-order valence-corrected chi connectivity index (χ1v) is 10.1. The van der Waals surface area contributed by atoms with Gasteiger partial charge < -0.3 is 10.2 Å². The van der Waals surface area contributed by atoms with Crippen molar-refractivity contribution in [2.75, 3.05) is 18.0 Å². The molecule has 2 amide bonds. The topological polar surface area (TPSA) is 75.2 Å². The highest BCUT2D eigenvalue weighted by Crippen LogP contribution is 2.25. The number of nitrogens with one attached hydrogen (secondary N) is 1. The SMILES string of the molecule is O=C(NCCc1csc(-c2cccnc2)n1)C1CC(=O)N(c2ccccc2)C1. The number of aromatic nitrogens is 2. The van der Waals surface area contributed by atoms with Gasteiger partial charge in [-0.05, 0) is 24.3 Å². The summed E-state index contributed by atoms with van der Waals surface area (Å²) in [6, 6.07) is 13.3. The molecule has 1 unspecified atom stereocenters. The van der Waals surface area contributed by atoms with Crippen molar-refractivity contribution >= 4 is 28.8 Å². The summed E-state index contributed by atoms with van der Waals surface area (Å²) < 4.78 is 0. The number of carbonyl (C=O) groups excluding carboxylic acids is 2. The molecule has 142 valence electrons. The Labute approximate surface area is 167 Å². The van der Waals surface area contributed by atoms with Crippen LogP contribution in [0.5, 0.6) is 0 Å². The van der Waals surface area contributed by atoms with Crippen molar-refractivity contribution in [1.82, 2.24) is 15.3 Å². The molecule has 28 heavy (non-hydrogen) atoms. The second-order valence-electron chi connectivity index (χ2n) is 6.67. The van der Waals surface area contributed by atoms with Gasteiger partial charge >= 0.3 is 0 Å². The van der Waals surface area contributed by atoms with Gasteiger partial charge in [0.25, 0.3) is 0 Å². The van der Waals surface area contributed by atoms with E-state index in [4.69, 9.17) is 0 Å². The normalized spacial score (nSPS) is 16.4. The van der Waals surface area contributed by atoms with Crippen molar-refractivity contribution in [3.05, 3.63) is 65.9 Å². The van der Waals surface area contributed by atoms with Gasteiger partial charge in [-0.1, -0.05) is 18.2 Å². The van der Waals surface area contributed by atoms with Crippen LogP contribution in [0.25, 0.3) is 10.6 Å². The highest BCUT2D eigenvalue weighted by molar-refractivity contribution is 7.13. The molecule has 1 aliphatic heterocycles. The van der Waals surface area contributed by atoms with Crippen LogP contribution in [0, 0.1) is 5.92 Å². The number of hydrogen-bond acceptors (Lipinski definition) is 5. The summed E-state index contributed by atoms with van der Waals surface area (Å²) in [6.07, 6.45) is 4.44. The number of hydrogen-bond donors (Lipinski definition) is 1. The maximum Gasteiger partial charge on any atom is 0.227 e. The highest BCUT2D eigenvalue weighted by atomic mass is 32.1. The monoisotopic (exact) mass is 392 g/mol. The first kappa shape index (κ1) is 18.3. The molecule has 7 heteroatoms. The molecule has 1 saturated heterocycles. The number of carbonyl (C=O) groups is 2. The van der Waals surface area contributed by atoms with E-state index in [1.807, 2.05) is 47.8 Å². The summed E-state index contributed by atoms with van der Waals surface area (Å²) in [5.41, 5.74) is 2.78. The molecular formula is C21H20N4O2S. The van der Waals surface area contributed by atoms with Crippen LogP contribution in [0.15, 0.2) is 60.2 Å². The molecule has 4 rings (SSSR count). The fourth-order valence-electron chi connectivity index (χ4n) is 3.24. The Kier molecular flexibility index (Phi) is 5.43. The molecule has 0 bridgehead atoms. The van der Waals surface area contributed by atoms with Crippen LogP contribution >= 0.6 is 11.3 Å². The first-order valence-electron chi connectivity index (χ1n) is 9.18. The van der Waals surface area contributed by atoms with Gasteiger partial charge in [-0.15, -0.1) is 11.3 Å². The summed E-state index contributed by atoms with van der Waals surface area (Å²) in [6.45, 7) is 0.932. The zero-order valence-corrected chi connectivity index (χ0v) is 16.1. The molecule has 1 atom stereocenters. The third-order valence-electron chi connectivity index (χ3n) is 4.70. The average Bonchev–Trinajstić information content (AvgIpc) is 3.36. The molecular weight excluding hydrogens is 372 g/mol. The van der Waals surface area contributed by atoms with Gasteiger partial charge in [0.15, 0.2) is 0 Å². The lowest BCUT2D eigenvalue weighted by Gasteiger charge is -2.16.